The molecular formula is C13H15BrO4. The Morgan fingerprint density at radius 1 is 1.33 bits per heavy atom. The molecule has 0 amide bonds. The summed E-state index contributed by atoms with van der Waals surface area (Å²) in [7, 11) is 1.30. The minimum absolute atomic E-state index is 0.0952. The van der Waals surface area contributed by atoms with Gasteiger partial charge < -0.3 is 9.47 Å². The first kappa shape index (κ1) is 14.7. The summed E-state index contributed by atoms with van der Waals surface area (Å²) in [4.78, 5) is 23.2. The molecule has 0 bridgehead atoms. The average Bonchev–Trinajstić information content (AvgIpc) is 2.43. The normalized spacial score (nSPS) is 9.94. The van der Waals surface area contributed by atoms with Crippen LogP contribution >= 0.6 is 15.9 Å². The first-order valence-corrected chi connectivity index (χ1v) is 6.70. The molecule has 0 fully saturated rings. The first-order chi connectivity index (χ1) is 8.63. The second-order valence-electron chi connectivity index (χ2n) is 3.61. The summed E-state index contributed by atoms with van der Waals surface area (Å²) in [5.74, 6) is -0.164. The average molecular weight is 315 g/mol. The van der Waals surface area contributed by atoms with E-state index in [4.69, 9.17) is 4.74 Å². The van der Waals surface area contributed by atoms with E-state index in [2.05, 4.69) is 20.7 Å². The van der Waals surface area contributed by atoms with E-state index in [1.807, 2.05) is 6.92 Å². The highest BCUT2D eigenvalue weighted by atomic mass is 79.9. The predicted octanol–water partition coefficient (Wildman–Crippen LogP) is 2.84. The Morgan fingerprint density at radius 2 is 2.06 bits per heavy atom. The Bertz CT molecular complexity index is 443. The van der Waals surface area contributed by atoms with Gasteiger partial charge in [0, 0.05) is 5.56 Å². The summed E-state index contributed by atoms with van der Waals surface area (Å²) >= 11 is 3.09. The number of hydrogen-bond donors (Lipinski definition) is 0. The van der Waals surface area contributed by atoms with Crippen LogP contribution < -0.4 is 4.74 Å². The Morgan fingerprint density at radius 3 is 2.61 bits per heavy atom. The Kier molecular flexibility index (Phi) is 5.85. The maximum atomic E-state index is 11.6. The van der Waals surface area contributed by atoms with E-state index in [1.165, 1.54) is 13.2 Å². The molecule has 5 heteroatoms. The SMILES string of the molecule is CCCOc1ccc(C(=O)CBr)cc1C(=O)OC. The van der Waals surface area contributed by atoms with Gasteiger partial charge in [-0.25, -0.2) is 4.79 Å². The number of esters is 1. The molecule has 0 saturated heterocycles. The van der Waals surface area contributed by atoms with Crippen molar-refractivity contribution in [3.05, 3.63) is 29.3 Å². The number of rotatable bonds is 6. The van der Waals surface area contributed by atoms with Crippen molar-refractivity contribution in [2.75, 3.05) is 19.0 Å². The van der Waals surface area contributed by atoms with Crippen LogP contribution in [0.15, 0.2) is 18.2 Å². The molecule has 98 valence electrons. The Labute approximate surface area is 114 Å². The summed E-state index contributed by atoms with van der Waals surface area (Å²) < 4.78 is 10.1. The van der Waals surface area contributed by atoms with Gasteiger partial charge in [-0.05, 0) is 24.6 Å². The molecule has 0 aliphatic carbocycles. The van der Waals surface area contributed by atoms with Crippen molar-refractivity contribution in [1.29, 1.82) is 0 Å². The van der Waals surface area contributed by atoms with Gasteiger partial charge in [0.15, 0.2) is 5.78 Å². The van der Waals surface area contributed by atoms with Gasteiger partial charge >= 0.3 is 5.97 Å². The highest BCUT2D eigenvalue weighted by Crippen LogP contribution is 2.22. The topological polar surface area (TPSA) is 52.6 Å². The van der Waals surface area contributed by atoms with Gasteiger partial charge in [0.05, 0.1) is 19.0 Å². The molecule has 0 radical (unpaired) electrons. The van der Waals surface area contributed by atoms with Crippen LogP contribution in [-0.4, -0.2) is 30.8 Å². The van der Waals surface area contributed by atoms with Crippen molar-refractivity contribution in [2.24, 2.45) is 0 Å². The lowest BCUT2D eigenvalue weighted by Crippen LogP contribution is -2.09. The summed E-state index contributed by atoms with van der Waals surface area (Å²) in [6.45, 7) is 2.48. The zero-order chi connectivity index (χ0) is 13.5. The highest BCUT2D eigenvalue weighted by Gasteiger charge is 2.16. The van der Waals surface area contributed by atoms with Crippen molar-refractivity contribution in [1.82, 2.24) is 0 Å². The first-order valence-electron chi connectivity index (χ1n) is 5.58. The molecule has 0 aliphatic rings. The van der Waals surface area contributed by atoms with Crippen LogP contribution in [0.25, 0.3) is 0 Å². The number of halogens is 1. The number of carbonyl (C=O) groups is 2. The Hall–Kier alpha value is -1.36. The molecular weight excluding hydrogens is 300 g/mol. The second kappa shape index (κ2) is 7.16. The van der Waals surface area contributed by atoms with E-state index in [0.29, 0.717) is 17.9 Å². The molecule has 4 nitrogen and oxygen atoms in total. The van der Waals surface area contributed by atoms with Crippen LogP contribution in [0, 0.1) is 0 Å². The van der Waals surface area contributed by atoms with Gasteiger partial charge in [0.2, 0.25) is 0 Å². The smallest absolute Gasteiger partial charge is 0.341 e. The molecule has 18 heavy (non-hydrogen) atoms. The lowest BCUT2D eigenvalue weighted by molar-refractivity contribution is 0.0596. The third-order valence-corrected chi connectivity index (χ3v) is 2.80. The molecule has 0 atom stereocenters. The fourth-order valence-corrected chi connectivity index (χ4v) is 1.71. The third-order valence-electron chi connectivity index (χ3n) is 2.29. The predicted molar refractivity (Wildman–Crippen MR) is 71.7 cm³/mol. The van der Waals surface area contributed by atoms with Crippen LogP contribution in [-0.2, 0) is 4.74 Å². The van der Waals surface area contributed by atoms with Crippen molar-refractivity contribution in [3.63, 3.8) is 0 Å². The van der Waals surface area contributed by atoms with E-state index in [-0.39, 0.29) is 16.7 Å². The number of alkyl halides is 1. The molecule has 1 aromatic rings. The molecule has 1 rings (SSSR count). The largest absolute Gasteiger partial charge is 0.493 e. The molecule has 0 unspecified atom stereocenters. The highest BCUT2D eigenvalue weighted by molar-refractivity contribution is 9.09. The van der Waals surface area contributed by atoms with E-state index >= 15 is 0 Å². The van der Waals surface area contributed by atoms with Crippen LogP contribution in [0.5, 0.6) is 5.75 Å². The molecule has 0 saturated carbocycles. The number of methoxy groups -OCH3 is 1. The Balaban J connectivity index is 3.11. The minimum atomic E-state index is -0.509. The zero-order valence-corrected chi connectivity index (χ0v) is 12.0. The van der Waals surface area contributed by atoms with E-state index in [0.717, 1.165) is 6.42 Å². The number of ketones is 1. The van der Waals surface area contributed by atoms with Crippen molar-refractivity contribution in [2.45, 2.75) is 13.3 Å². The quantitative estimate of drug-likeness (QED) is 0.460. The standard InChI is InChI=1S/C13H15BrO4/c1-3-6-18-12-5-4-9(11(15)8-14)7-10(12)13(16)17-2/h4-5,7H,3,6,8H2,1-2H3. The van der Waals surface area contributed by atoms with Gasteiger partial charge in [-0.3, -0.25) is 4.79 Å². The van der Waals surface area contributed by atoms with Gasteiger partial charge in [-0.1, -0.05) is 22.9 Å². The van der Waals surface area contributed by atoms with Crippen molar-refractivity contribution < 1.29 is 19.1 Å². The van der Waals surface area contributed by atoms with Gasteiger partial charge in [0.1, 0.15) is 11.3 Å². The molecule has 0 heterocycles. The molecule has 1 aromatic carbocycles. The van der Waals surface area contributed by atoms with Crippen molar-refractivity contribution >= 4 is 27.7 Å². The monoisotopic (exact) mass is 314 g/mol. The number of benzene rings is 1. The maximum Gasteiger partial charge on any atom is 0.341 e. The van der Waals surface area contributed by atoms with E-state index in [1.54, 1.807) is 12.1 Å². The lowest BCUT2D eigenvalue weighted by atomic mass is 10.1. The van der Waals surface area contributed by atoms with Crippen molar-refractivity contribution in [3.8, 4) is 5.75 Å². The fraction of sp³-hybridized carbons (Fsp3) is 0.385. The number of carbonyl (C=O) groups excluding carboxylic acids is 2. The van der Waals surface area contributed by atoms with Crippen LogP contribution in [0.2, 0.25) is 0 Å². The number of ether oxygens (including phenoxy) is 2. The molecule has 0 aliphatic heterocycles. The summed E-state index contributed by atoms with van der Waals surface area (Å²) in [6.07, 6.45) is 0.836. The fourth-order valence-electron chi connectivity index (χ4n) is 1.39. The molecule has 0 N–H and O–H groups in total. The zero-order valence-electron chi connectivity index (χ0n) is 10.4. The van der Waals surface area contributed by atoms with E-state index < -0.39 is 5.97 Å². The number of Topliss-reactive ketones (excluding diaryl/α,β-unsaturated/α-hetero) is 1. The summed E-state index contributed by atoms with van der Waals surface area (Å²) in [5.41, 5.74) is 0.730. The molecule has 0 spiro atoms. The van der Waals surface area contributed by atoms with Gasteiger partial charge in [0.25, 0.3) is 0 Å². The van der Waals surface area contributed by atoms with Crippen LogP contribution in [0.4, 0.5) is 0 Å². The summed E-state index contributed by atoms with van der Waals surface area (Å²) in [6, 6.07) is 4.76. The maximum absolute atomic E-state index is 11.6. The molecule has 0 aromatic heterocycles. The van der Waals surface area contributed by atoms with Gasteiger partial charge in [-0.2, -0.15) is 0 Å². The second-order valence-corrected chi connectivity index (χ2v) is 4.17. The van der Waals surface area contributed by atoms with E-state index in [9.17, 15) is 9.59 Å². The third kappa shape index (κ3) is 3.57. The summed E-state index contributed by atoms with van der Waals surface area (Å²) in [5, 5.41) is 0.211. The van der Waals surface area contributed by atoms with Gasteiger partial charge in [-0.15, -0.1) is 0 Å². The number of hydrogen-bond acceptors (Lipinski definition) is 4. The van der Waals surface area contributed by atoms with Crippen LogP contribution in [0.3, 0.4) is 0 Å². The lowest BCUT2D eigenvalue weighted by Gasteiger charge is -2.10. The van der Waals surface area contributed by atoms with Crippen LogP contribution in [0.1, 0.15) is 34.1 Å². The minimum Gasteiger partial charge on any atom is -0.493 e.